The van der Waals surface area contributed by atoms with E-state index < -0.39 is 0 Å². The summed E-state index contributed by atoms with van der Waals surface area (Å²) in [6.07, 6.45) is 4.17. The lowest BCUT2D eigenvalue weighted by molar-refractivity contribution is 0.620. The fraction of sp³-hybridized carbons (Fsp3) is 0.267. The van der Waals surface area contributed by atoms with Crippen LogP contribution in [-0.4, -0.2) is 4.98 Å². The second-order valence-corrected chi connectivity index (χ2v) is 4.61. The molecule has 2 N–H and O–H groups in total. The monoisotopic (exact) mass is 244 g/mol. The third-order valence-electron chi connectivity index (χ3n) is 3.21. The van der Waals surface area contributed by atoms with Crippen LogP contribution < -0.4 is 5.73 Å². The van der Waals surface area contributed by atoms with E-state index in [4.69, 9.17) is 5.73 Å². The highest BCUT2D eigenvalue weighted by Gasteiger charge is 2.11. The Bertz CT molecular complexity index is 552. The molecule has 0 saturated heterocycles. The van der Waals surface area contributed by atoms with E-state index in [0.717, 1.165) is 22.3 Å². The summed E-state index contributed by atoms with van der Waals surface area (Å²) in [5.74, 6) is -0.214. The molecule has 1 atom stereocenters. The molecule has 0 amide bonds. The molecule has 2 nitrogen and oxygen atoms in total. The molecule has 2 aromatic rings. The minimum Gasteiger partial charge on any atom is -0.324 e. The van der Waals surface area contributed by atoms with E-state index in [1.165, 1.54) is 6.07 Å². The van der Waals surface area contributed by atoms with Gasteiger partial charge in [-0.15, -0.1) is 0 Å². The summed E-state index contributed by atoms with van der Waals surface area (Å²) in [5, 5.41) is 0. The number of aromatic nitrogens is 1. The summed E-state index contributed by atoms with van der Waals surface area (Å²) >= 11 is 0. The van der Waals surface area contributed by atoms with E-state index in [0.29, 0.717) is 6.42 Å². The molecular weight excluding hydrogens is 227 g/mol. The number of aryl methyl sites for hydroxylation is 2. The zero-order valence-electron chi connectivity index (χ0n) is 10.7. The fourth-order valence-corrected chi connectivity index (χ4v) is 2.11. The van der Waals surface area contributed by atoms with Crippen molar-refractivity contribution in [2.24, 2.45) is 5.73 Å². The Morgan fingerprint density at radius 3 is 2.72 bits per heavy atom. The number of halogens is 1. The lowest BCUT2D eigenvalue weighted by Crippen LogP contribution is -2.15. The average molecular weight is 244 g/mol. The van der Waals surface area contributed by atoms with Gasteiger partial charge in [0.2, 0.25) is 0 Å². The Labute approximate surface area is 107 Å². The number of rotatable bonds is 3. The summed E-state index contributed by atoms with van der Waals surface area (Å²) in [6, 6.07) is 6.62. The highest BCUT2D eigenvalue weighted by atomic mass is 19.1. The molecule has 1 aromatic heterocycles. The number of pyridine rings is 1. The second kappa shape index (κ2) is 5.27. The predicted molar refractivity (Wildman–Crippen MR) is 70.7 cm³/mol. The minimum absolute atomic E-state index is 0.131. The zero-order chi connectivity index (χ0) is 13.1. The number of benzene rings is 1. The molecule has 0 saturated carbocycles. The molecule has 0 radical (unpaired) electrons. The zero-order valence-corrected chi connectivity index (χ0v) is 10.7. The normalized spacial score (nSPS) is 12.4. The van der Waals surface area contributed by atoms with Gasteiger partial charge in [-0.1, -0.05) is 6.07 Å². The van der Waals surface area contributed by atoms with Gasteiger partial charge in [-0.3, -0.25) is 4.98 Å². The first-order chi connectivity index (χ1) is 8.58. The standard InChI is InChI=1S/C15H17FN2/c1-10-3-4-13(16)7-12(10)8-15(17)14-5-6-18-9-11(14)2/h3-7,9,15H,8,17H2,1-2H3. The molecule has 0 spiro atoms. The molecule has 18 heavy (non-hydrogen) atoms. The Hall–Kier alpha value is -1.74. The van der Waals surface area contributed by atoms with E-state index in [-0.39, 0.29) is 11.9 Å². The average Bonchev–Trinajstić information content (AvgIpc) is 2.34. The van der Waals surface area contributed by atoms with E-state index >= 15 is 0 Å². The van der Waals surface area contributed by atoms with Crippen LogP contribution in [0.4, 0.5) is 4.39 Å². The van der Waals surface area contributed by atoms with E-state index in [9.17, 15) is 4.39 Å². The second-order valence-electron chi connectivity index (χ2n) is 4.61. The van der Waals surface area contributed by atoms with Gasteiger partial charge in [0.05, 0.1) is 0 Å². The van der Waals surface area contributed by atoms with E-state index in [1.807, 2.05) is 19.9 Å². The van der Waals surface area contributed by atoms with Gasteiger partial charge >= 0.3 is 0 Å². The van der Waals surface area contributed by atoms with Crippen LogP contribution in [0.2, 0.25) is 0 Å². The molecule has 2 rings (SSSR count). The van der Waals surface area contributed by atoms with Gasteiger partial charge in [0, 0.05) is 18.4 Å². The molecule has 0 aliphatic carbocycles. The van der Waals surface area contributed by atoms with Crippen LogP contribution >= 0.6 is 0 Å². The van der Waals surface area contributed by atoms with Crippen molar-refractivity contribution < 1.29 is 4.39 Å². The molecular formula is C15H17FN2. The Kier molecular flexibility index (Phi) is 3.72. The van der Waals surface area contributed by atoms with Crippen LogP contribution in [0.1, 0.15) is 28.3 Å². The van der Waals surface area contributed by atoms with Crippen LogP contribution in [-0.2, 0) is 6.42 Å². The van der Waals surface area contributed by atoms with Gasteiger partial charge in [0.15, 0.2) is 0 Å². The molecule has 0 bridgehead atoms. The number of hydrogen-bond donors (Lipinski definition) is 1. The predicted octanol–water partition coefficient (Wildman–Crippen LogP) is 3.08. The summed E-state index contributed by atoms with van der Waals surface area (Å²) < 4.78 is 13.2. The van der Waals surface area contributed by atoms with Crippen molar-refractivity contribution in [3.8, 4) is 0 Å². The van der Waals surface area contributed by atoms with Gasteiger partial charge in [-0.25, -0.2) is 4.39 Å². The van der Waals surface area contributed by atoms with Crippen molar-refractivity contribution in [3.05, 3.63) is 64.7 Å². The highest BCUT2D eigenvalue weighted by Crippen LogP contribution is 2.21. The van der Waals surface area contributed by atoms with Gasteiger partial charge in [-0.2, -0.15) is 0 Å². The van der Waals surface area contributed by atoms with Crippen molar-refractivity contribution in [2.75, 3.05) is 0 Å². The quantitative estimate of drug-likeness (QED) is 0.901. The topological polar surface area (TPSA) is 38.9 Å². The first kappa shape index (κ1) is 12.7. The van der Waals surface area contributed by atoms with E-state index in [1.54, 1.807) is 24.5 Å². The number of hydrogen-bond acceptors (Lipinski definition) is 2. The van der Waals surface area contributed by atoms with Crippen LogP contribution in [0.15, 0.2) is 36.7 Å². The third kappa shape index (κ3) is 2.74. The van der Waals surface area contributed by atoms with Crippen molar-refractivity contribution in [2.45, 2.75) is 26.3 Å². The highest BCUT2D eigenvalue weighted by molar-refractivity contribution is 5.31. The van der Waals surface area contributed by atoms with Crippen molar-refractivity contribution >= 4 is 0 Å². The molecule has 94 valence electrons. The molecule has 3 heteroatoms. The lowest BCUT2D eigenvalue weighted by atomic mass is 9.95. The first-order valence-corrected chi connectivity index (χ1v) is 5.99. The Morgan fingerprint density at radius 1 is 1.22 bits per heavy atom. The third-order valence-corrected chi connectivity index (χ3v) is 3.21. The van der Waals surface area contributed by atoms with Gasteiger partial charge < -0.3 is 5.73 Å². The molecule has 1 aromatic carbocycles. The summed E-state index contributed by atoms with van der Waals surface area (Å²) in [4.78, 5) is 4.05. The van der Waals surface area contributed by atoms with Crippen molar-refractivity contribution in [1.82, 2.24) is 4.98 Å². The van der Waals surface area contributed by atoms with Crippen LogP contribution in [0.25, 0.3) is 0 Å². The lowest BCUT2D eigenvalue weighted by Gasteiger charge is -2.15. The maximum atomic E-state index is 13.2. The fourth-order valence-electron chi connectivity index (χ4n) is 2.11. The van der Waals surface area contributed by atoms with Gasteiger partial charge in [-0.05, 0) is 60.7 Å². The molecule has 0 aliphatic heterocycles. The van der Waals surface area contributed by atoms with Crippen LogP contribution in [0.5, 0.6) is 0 Å². The summed E-state index contributed by atoms with van der Waals surface area (Å²) in [6.45, 7) is 3.96. The molecule has 1 heterocycles. The molecule has 1 unspecified atom stereocenters. The van der Waals surface area contributed by atoms with Crippen LogP contribution in [0.3, 0.4) is 0 Å². The van der Waals surface area contributed by atoms with Crippen molar-refractivity contribution in [1.29, 1.82) is 0 Å². The Morgan fingerprint density at radius 2 is 2.00 bits per heavy atom. The smallest absolute Gasteiger partial charge is 0.123 e. The first-order valence-electron chi connectivity index (χ1n) is 5.99. The maximum absolute atomic E-state index is 13.2. The largest absolute Gasteiger partial charge is 0.324 e. The van der Waals surface area contributed by atoms with Gasteiger partial charge in [0.25, 0.3) is 0 Å². The number of nitrogens with zero attached hydrogens (tertiary/aromatic N) is 1. The van der Waals surface area contributed by atoms with Crippen molar-refractivity contribution in [3.63, 3.8) is 0 Å². The minimum atomic E-state index is -0.214. The SMILES string of the molecule is Cc1ccc(F)cc1CC(N)c1ccncc1C. The molecule has 0 fully saturated rings. The Balaban J connectivity index is 2.24. The molecule has 0 aliphatic rings. The summed E-state index contributed by atoms with van der Waals surface area (Å²) in [7, 11) is 0. The summed E-state index contributed by atoms with van der Waals surface area (Å²) in [5.41, 5.74) is 10.4. The number of nitrogens with two attached hydrogens (primary N) is 1. The van der Waals surface area contributed by atoms with Crippen LogP contribution in [0, 0.1) is 19.7 Å². The van der Waals surface area contributed by atoms with Gasteiger partial charge in [0.1, 0.15) is 5.82 Å². The van der Waals surface area contributed by atoms with E-state index in [2.05, 4.69) is 4.98 Å². The maximum Gasteiger partial charge on any atom is 0.123 e.